The van der Waals surface area contributed by atoms with Crippen LogP contribution < -0.4 is 0 Å². The third kappa shape index (κ3) is 4.01. The quantitative estimate of drug-likeness (QED) is 0.874. The monoisotopic (exact) mass is 319 g/mol. The van der Waals surface area contributed by atoms with Crippen LogP contribution in [-0.4, -0.2) is 41.9 Å². The van der Waals surface area contributed by atoms with Crippen molar-refractivity contribution in [1.82, 2.24) is 9.80 Å². The van der Waals surface area contributed by atoms with Gasteiger partial charge in [-0.25, -0.2) is 0 Å². The fourth-order valence-electron chi connectivity index (χ4n) is 3.09. The molecule has 0 radical (unpaired) electrons. The maximum atomic E-state index is 12.6. The van der Waals surface area contributed by atoms with E-state index < -0.39 is 0 Å². The van der Waals surface area contributed by atoms with Gasteiger partial charge in [-0.2, -0.15) is 5.26 Å². The number of benzene rings is 2. The molecule has 4 nitrogen and oxygen atoms in total. The van der Waals surface area contributed by atoms with Crippen LogP contribution in [0.15, 0.2) is 54.6 Å². The first-order chi connectivity index (χ1) is 11.8. The summed E-state index contributed by atoms with van der Waals surface area (Å²) in [5.41, 5.74) is 2.60. The average Bonchev–Trinajstić information content (AvgIpc) is 2.87. The van der Waals surface area contributed by atoms with E-state index in [1.807, 2.05) is 53.4 Å². The van der Waals surface area contributed by atoms with Crippen LogP contribution in [0.25, 0.3) is 0 Å². The molecular weight excluding hydrogens is 298 g/mol. The van der Waals surface area contributed by atoms with E-state index in [0.29, 0.717) is 5.56 Å². The molecule has 0 unspecified atom stereocenters. The summed E-state index contributed by atoms with van der Waals surface area (Å²) >= 11 is 0. The van der Waals surface area contributed by atoms with E-state index in [1.54, 1.807) is 0 Å². The number of amides is 1. The van der Waals surface area contributed by atoms with Crippen molar-refractivity contribution in [2.45, 2.75) is 13.0 Å². The fraction of sp³-hybridized carbons (Fsp3) is 0.300. The number of hydrogen-bond donors (Lipinski definition) is 0. The van der Waals surface area contributed by atoms with Gasteiger partial charge >= 0.3 is 0 Å². The normalized spacial score (nSPS) is 15.5. The molecule has 0 aliphatic carbocycles. The lowest BCUT2D eigenvalue weighted by Gasteiger charge is -2.22. The van der Waals surface area contributed by atoms with Crippen molar-refractivity contribution in [2.75, 3.05) is 26.2 Å². The Morgan fingerprint density at radius 2 is 1.83 bits per heavy atom. The number of hydrogen-bond acceptors (Lipinski definition) is 3. The highest BCUT2D eigenvalue weighted by Crippen LogP contribution is 2.13. The standard InChI is InChI=1S/C20H21N3O/c21-15-17-6-4-7-18(14-17)16-22-10-5-11-23(13-12-22)20(24)19-8-2-1-3-9-19/h1-4,6-9,14H,5,10-13,16H2. The average molecular weight is 319 g/mol. The minimum absolute atomic E-state index is 0.115. The minimum Gasteiger partial charge on any atom is -0.337 e. The molecule has 0 spiro atoms. The first-order valence-corrected chi connectivity index (χ1v) is 8.32. The van der Waals surface area contributed by atoms with Crippen LogP contribution in [0.2, 0.25) is 0 Å². The number of nitrogens with zero attached hydrogens (tertiary/aromatic N) is 3. The molecule has 1 aliphatic rings. The van der Waals surface area contributed by atoms with Crippen LogP contribution in [0.3, 0.4) is 0 Å². The van der Waals surface area contributed by atoms with Crippen LogP contribution in [0.5, 0.6) is 0 Å². The molecule has 1 aliphatic heterocycles. The van der Waals surface area contributed by atoms with Crippen molar-refractivity contribution >= 4 is 5.91 Å². The maximum Gasteiger partial charge on any atom is 0.253 e. The molecule has 0 N–H and O–H groups in total. The second-order valence-electron chi connectivity index (χ2n) is 6.10. The molecule has 3 rings (SSSR count). The van der Waals surface area contributed by atoms with Crippen LogP contribution >= 0.6 is 0 Å². The Morgan fingerprint density at radius 3 is 2.62 bits per heavy atom. The van der Waals surface area contributed by atoms with Gasteiger partial charge < -0.3 is 4.90 Å². The molecule has 24 heavy (non-hydrogen) atoms. The summed E-state index contributed by atoms with van der Waals surface area (Å²) in [6.45, 7) is 4.18. The van der Waals surface area contributed by atoms with Crippen molar-refractivity contribution < 1.29 is 4.79 Å². The zero-order valence-electron chi connectivity index (χ0n) is 13.7. The Morgan fingerprint density at radius 1 is 1.00 bits per heavy atom. The van der Waals surface area contributed by atoms with Gasteiger partial charge in [-0.05, 0) is 36.2 Å². The Hall–Kier alpha value is -2.64. The second kappa shape index (κ2) is 7.76. The Kier molecular flexibility index (Phi) is 5.25. The Bertz CT molecular complexity index is 736. The largest absolute Gasteiger partial charge is 0.337 e. The molecule has 0 aromatic heterocycles. The highest BCUT2D eigenvalue weighted by Gasteiger charge is 2.20. The third-order valence-corrected chi connectivity index (χ3v) is 4.36. The summed E-state index contributed by atoms with van der Waals surface area (Å²) in [7, 11) is 0. The van der Waals surface area contributed by atoms with Gasteiger partial charge in [0.05, 0.1) is 11.6 Å². The molecule has 1 heterocycles. The SMILES string of the molecule is N#Cc1cccc(CN2CCCN(C(=O)c3ccccc3)CC2)c1. The molecule has 0 saturated carbocycles. The van der Waals surface area contributed by atoms with Crippen molar-refractivity contribution in [3.05, 3.63) is 71.3 Å². The van der Waals surface area contributed by atoms with E-state index in [4.69, 9.17) is 5.26 Å². The van der Waals surface area contributed by atoms with Gasteiger partial charge in [0.25, 0.3) is 5.91 Å². The maximum absolute atomic E-state index is 12.6. The first-order valence-electron chi connectivity index (χ1n) is 8.32. The zero-order valence-corrected chi connectivity index (χ0v) is 13.7. The number of carbonyl (C=O) groups excluding carboxylic acids is 1. The van der Waals surface area contributed by atoms with E-state index in [1.165, 1.54) is 0 Å². The van der Waals surface area contributed by atoms with E-state index >= 15 is 0 Å². The topological polar surface area (TPSA) is 47.3 Å². The van der Waals surface area contributed by atoms with Crippen LogP contribution in [0.4, 0.5) is 0 Å². The molecule has 2 aromatic rings. The highest BCUT2D eigenvalue weighted by atomic mass is 16.2. The summed E-state index contributed by atoms with van der Waals surface area (Å²) in [6.07, 6.45) is 0.969. The predicted octanol–water partition coefficient (Wildman–Crippen LogP) is 2.91. The third-order valence-electron chi connectivity index (χ3n) is 4.36. The van der Waals surface area contributed by atoms with Crippen molar-refractivity contribution in [3.63, 3.8) is 0 Å². The van der Waals surface area contributed by atoms with Gasteiger partial charge in [-0.1, -0.05) is 30.3 Å². The van der Waals surface area contributed by atoms with E-state index in [-0.39, 0.29) is 5.91 Å². The Labute approximate surface area is 142 Å². The first kappa shape index (κ1) is 16.2. The molecule has 2 aromatic carbocycles. The predicted molar refractivity (Wildman–Crippen MR) is 93.4 cm³/mol. The summed E-state index contributed by atoms with van der Waals surface area (Å²) in [5.74, 6) is 0.115. The Balaban J connectivity index is 1.61. The number of rotatable bonds is 3. The molecular formula is C20H21N3O. The van der Waals surface area contributed by atoms with Gasteiger partial charge in [-0.3, -0.25) is 9.69 Å². The van der Waals surface area contributed by atoms with E-state index in [9.17, 15) is 4.79 Å². The van der Waals surface area contributed by atoms with Gasteiger partial charge in [-0.15, -0.1) is 0 Å². The molecule has 1 saturated heterocycles. The van der Waals surface area contributed by atoms with E-state index in [0.717, 1.165) is 50.3 Å². The summed E-state index contributed by atoms with van der Waals surface area (Å²) in [6, 6.07) is 19.4. The smallest absolute Gasteiger partial charge is 0.253 e. The molecule has 0 bridgehead atoms. The lowest BCUT2D eigenvalue weighted by Crippen LogP contribution is -2.35. The van der Waals surface area contributed by atoms with Gasteiger partial charge in [0.15, 0.2) is 0 Å². The molecule has 1 amide bonds. The minimum atomic E-state index is 0.115. The summed E-state index contributed by atoms with van der Waals surface area (Å²) in [5, 5.41) is 9.01. The lowest BCUT2D eigenvalue weighted by molar-refractivity contribution is 0.0761. The molecule has 4 heteroatoms. The molecule has 122 valence electrons. The number of nitriles is 1. The van der Waals surface area contributed by atoms with Gasteiger partial charge in [0.2, 0.25) is 0 Å². The van der Waals surface area contributed by atoms with Crippen molar-refractivity contribution in [3.8, 4) is 6.07 Å². The molecule has 1 fully saturated rings. The molecule has 0 atom stereocenters. The van der Waals surface area contributed by atoms with E-state index in [2.05, 4.69) is 17.0 Å². The van der Waals surface area contributed by atoms with Crippen molar-refractivity contribution in [2.24, 2.45) is 0 Å². The van der Waals surface area contributed by atoms with Crippen molar-refractivity contribution in [1.29, 1.82) is 5.26 Å². The van der Waals surface area contributed by atoms with Crippen LogP contribution in [-0.2, 0) is 6.54 Å². The lowest BCUT2D eigenvalue weighted by atomic mass is 10.1. The fourth-order valence-corrected chi connectivity index (χ4v) is 3.09. The van der Waals surface area contributed by atoms with Gasteiger partial charge in [0, 0.05) is 38.3 Å². The van der Waals surface area contributed by atoms with Gasteiger partial charge in [0.1, 0.15) is 0 Å². The summed E-state index contributed by atoms with van der Waals surface area (Å²) < 4.78 is 0. The number of carbonyl (C=O) groups is 1. The highest BCUT2D eigenvalue weighted by molar-refractivity contribution is 5.94. The zero-order chi connectivity index (χ0) is 16.8. The second-order valence-corrected chi connectivity index (χ2v) is 6.10. The summed E-state index contributed by atoms with van der Waals surface area (Å²) in [4.78, 5) is 16.9. The van der Waals surface area contributed by atoms with Crippen LogP contribution in [0, 0.1) is 11.3 Å². The van der Waals surface area contributed by atoms with Crippen LogP contribution in [0.1, 0.15) is 27.9 Å².